The molecule has 2 heterocycles. The summed E-state index contributed by atoms with van der Waals surface area (Å²) in [6.45, 7) is 1.97. The molecule has 0 aliphatic carbocycles. The molecule has 3 rings (SSSR count). The van der Waals surface area contributed by atoms with E-state index in [2.05, 4.69) is 10.1 Å². The van der Waals surface area contributed by atoms with E-state index in [9.17, 15) is 9.59 Å². The van der Waals surface area contributed by atoms with Crippen LogP contribution in [0.2, 0.25) is 0 Å². The van der Waals surface area contributed by atoms with Crippen molar-refractivity contribution >= 4 is 17.0 Å². The molecule has 7 nitrogen and oxygen atoms in total. The highest BCUT2D eigenvalue weighted by atomic mass is 16.4. The minimum atomic E-state index is -1.03. The number of aromatic amines is 1. The Balaban J connectivity index is 2.30. The summed E-state index contributed by atoms with van der Waals surface area (Å²) in [5.74, 6) is -1.03. The van der Waals surface area contributed by atoms with Crippen LogP contribution in [0.25, 0.3) is 16.7 Å². The number of nitrogens with one attached hydrogen (secondary N) is 1. The van der Waals surface area contributed by atoms with Crippen LogP contribution >= 0.6 is 0 Å². The van der Waals surface area contributed by atoms with Gasteiger partial charge in [-0.05, 0) is 24.6 Å². The van der Waals surface area contributed by atoms with Crippen LogP contribution in [0.4, 0.5) is 0 Å². The molecule has 0 bridgehead atoms. The Kier molecular flexibility index (Phi) is 2.90. The lowest BCUT2D eigenvalue weighted by Crippen LogP contribution is -2.15. The number of nitrogens with zero attached hydrogens (tertiary/aromatic N) is 3. The van der Waals surface area contributed by atoms with Crippen molar-refractivity contribution in [2.45, 2.75) is 13.3 Å². The number of carboxylic acid groups (broad SMARTS) is 1. The predicted molar refractivity (Wildman–Crippen MR) is 77.0 cm³/mol. The van der Waals surface area contributed by atoms with Crippen molar-refractivity contribution in [1.29, 1.82) is 0 Å². The van der Waals surface area contributed by atoms with Crippen LogP contribution in [0.3, 0.4) is 0 Å². The minimum absolute atomic E-state index is 0.137. The highest BCUT2D eigenvalue weighted by molar-refractivity contribution is 5.92. The summed E-state index contributed by atoms with van der Waals surface area (Å²) in [5.41, 5.74) is 2.47. The molecule has 0 aliphatic heterocycles. The fourth-order valence-electron chi connectivity index (χ4n) is 2.44. The first-order valence-electron chi connectivity index (χ1n) is 6.52. The van der Waals surface area contributed by atoms with Gasteiger partial charge in [-0.2, -0.15) is 5.10 Å². The summed E-state index contributed by atoms with van der Waals surface area (Å²) in [5, 5.41) is 13.3. The topological polar surface area (TPSA) is 92.9 Å². The highest BCUT2D eigenvalue weighted by Crippen LogP contribution is 2.19. The second-order valence-electron chi connectivity index (χ2n) is 4.79. The lowest BCUT2D eigenvalue weighted by molar-refractivity contribution is 0.0697. The summed E-state index contributed by atoms with van der Waals surface area (Å²) in [4.78, 5) is 25.9. The maximum atomic E-state index is 12.2. The van der Waals surface area contributed by atoms with Crippen molar-refractivity contribution in [3.05, 3.63) is 46.1 Å². The van der Waals surface area contributed by atoms with Crippen LogP contribution in [0, 0.1) is 0 Å². The number of hydrogen-bond acceptors (Lipinski definition) is 3. The van der Waals surface area contributed by atoms with E-state index in [1.165, 1.54) is 16.7 Å². The summed E-state index contributed by atoms with van der Waals surface area (Å²) in [7, 11) is 1.80. The molecule has 108 valence electrons. The third-order valence-corrected chi connectivity index (χ3v) is 3.39. The minimum Gasteiger partial charge on any atom is -0.478 e. The molecule has 0 amide bonds. The molecular weight excluding hydrogens is 272 g/mol. The first-order valence-corrected chi connectivity index (χ1v) is 6.52. The van der Waals surface area contributed by atoms with Gasteiger partial charge in [0.15, 0.2) is 0 Å². The molecule has 1 aromatic carbocycles. The molecule has 3 aromatic rings. The van der Waals surface area contributed by atoms with Crippen LogP contribution in [-0.4, -0.2) is 30.4 Å². The molecule has 21 heavy (non-hydrogen) atoms. The van der Waals surface area contributed by atoms with E-state index < -0.39 is 5.97 Å². The lowest BCUT2D eigenvalue weighted by atomic mass is 10.2. The van der Waals surface area contributed by atoms with Gasteiger partial charge in [0.25, 0.3) is 0 Å². The number of benzene rings is 1. The molecule has 0 saturated heterocycles. The summed E-state index contributed by atoms with van der Waals surface area (Å²) < 4.78 is 3.18. The lowest BCUT2D eigenvalue weighted by Gasteiger charge is -2.02. The molecule has 0 radical (unpaired) electrons. The van der Waals surface area contributed by atoms with E-state index in [0.717, 1.165) is 5.69 Å². The number of aryl methyl sites for hydroxylation is 2. The second kappa shape index (κ2) is 4.62. The van der Waals surface area contributed by atoms with Crippen molar-refractivity contribution in [2.75, 3.05) is 0 Å². The summed E-state index contributed by atoms with van der Waals surface area (Å²) in [6.07, 6.45) is 2.47. The van der Waals surface area contributed by atoms with E-state index in [-0.39, 0.29) is 11.3 Å². The van der Waals surface area contributed by atoms with Gasteiger partial charge < -0.3 is 10.1 Å². The third kappa shape index (κ3) is 2.03. The Morgan fingerprint density at radius 3 is 2.86 bits per heavy atom. The number of hydrogen-bond donors (Lipinski definition) is 2. The average Bonchev–Trinajstić information content (AvgIpc) is 2.96. The summed E-state index contributed by atoms with van der Waals surface area (Å²) >= 11 is 0. The van der Waals surface area contributed by atoms with Crippen LogP contribution in [0.5, 0.6) is 0 Å². The number of fused-ring (bicyclic) bond motifs is 1. The Labute approximate surface area is 119 Å². The second-order valence-corrected chi connectivity index (χ2v) is 4.79. The normalized spacial score (nSPS) is 11.1. The fraction of sp³-hybridized carbons (Fsp3) is 0.214. The first kappa shape index (κ1) is 13.2. The largest absolute Gasteiger partial charge is 0.478 e. The zero-order valence-corrected chi connectivity index (χ0v) is 11.6. The smallest absolute Gasteiger partial charge is 0.335 e. The van der Waals surface area contributed by atoms with E-state index in [1.54, 1.807) is 24.0 Å². The molecule has 0 atom stereocenters. The monoisotopic (exact) mass is 286 g/mol. The predicted octanol–water partition coefficient (Wildman–Crippen LogP) is 1.31. The average molecular weight is 286 g/mol. The summed E-state index contributed by atoms with van der Waals surface area (Å²) in [6, 6.07) is 4.57. The van der Waals surface area contributed by atoms with Crippen LogP contribution in [-0.2, 0) is 13.5 Å². The standard InChI is InChI=1S/C14H14N4O3/c1-3-9-12(7-17(2)16-9)18-11-5-4-8(13(19)20)6-10(11)15-14(18)21/h4-7H,3H2,1-2H3,(H,15,21)(H,19,20). The Morgan fingerprint density at radius 1 is 1.43 bits per heavy atom. The van der Waals surface area contributed by atoms with Crippen molar-refractivity contribution in [2.24, 2.45) is 7.05 Å². The first-order chi connectivity index (χ1) is 10.0. The van der Waals surface area contributed by atoms with Gasteiger partial charge in [0.1, 0.15) is 0 Å². The molecule has 2 N–H and O–H groups in total. The van der Waals surface area contributed by atoms with E-state index in [1.807, 2.05) is 6.92 Å². The van der Waals surface area contributed by atoms with Gasteiger partial charge in [-0.3, -0.25) is 9.25 Å². The Bertz CT molecular complexity index is 901. The number of imidazole rings is 1. The molecule has 0 aliphatic rings. The van der Waals surface area contributed by atoms with E-state index in [0.29, 0.717) is 23.1 Å². The van der Waals surface area contributed by atoms with Crippen LogP contribution < -0.4 is 5.69 Å². The number of rotatable bonds is 3. The van der Waals surface area contributed by atoms with Gasteiger partial charge in [-0.1, -0.05) is 6.92 Å². The van der Waals surface area contributed by atoms with E-state index >= 15 is 0 Å². The van der Waals surface area contributed by atoms with Crippen molar-refractivity contribution in [3.63, 3.8) is 0 Å². The van der Waals surface area contributed by atoms with Gasteiger partial charge in [-0.15, -0.1) is 0 Å². The molecule has 0 saturated carbocycles. The molecule has 7 heteroatoms. The fourth-order valence-corrected chi connectivity index (χ4v) is 2.44. The Hall–Kier alpha value is -2.83. The van der Waals surface area contributed by atoms with Gasteiger partial charge in [-0.25, -0.2) is 9.59 Å². The molecule has 0 fully saturated rings. The Morgan fingerprint density at radius 2 is 2.19 bits per heavy atom. The zero-order valence-electron chi connectivity index (χ0n) is 11.6. The van der Waals surface area contributed by atoms with Gasteiger partial charge in [0.05, 0.1) is 28.0 Å². The molecule has 0 spiro atoms. The SMILES string of the molecule is CCc1nn(C)cc1-n1c(=O)[nH]c2cc(C(=O)O)ccc21. The quantitative estimate of drug-likeness (QED) is 0.759. The zero-order chi connectivity index (χ0) is 15.1. The number of H-pyrrole nitrogens is 1. The van der Waals surface area contributed by atoms with Crippen molar-refractivity contribution in [3.8, 4) is 5.69 Å². The third-order valence-electron chi connectivity index (χ3n) is 3.39. The number of aromatic carboxylic acids is 1. The van der Waals surface area contributed by atoms with Gasteiger partial charge in [0.2, 0.25) is 0 Å². The van der Waals surface area contributed by atoms with Crippen LogP contribution in [0.15, 0.2) is 29.2 Å². The van der Waals surface area contributed by atoms with Crippen molar-refractivity contribution in [1.82, 2.24) is 19.3 Å². The molecule has 2 aromatic heterocycles. The number of carbonyl (C=O) groups is 1. The maximum Gasteiger partial charge on any atom is 0.335 e. The number of carboxylic acids is 1. The number of aromatic nitrogens is 4. The maximum absolute atomic E-state index is 12.2. The molecule has 0 unspecified atom stereocenters. The highest BCUT2D eigenvalue weighted by Gasteiger charge is 2.15. The van der Waals surface area contributed by atoms with Gasteiger partial charge >= 0.3 is 11.7 Å². The van der Waals surface area contributed by atoms with Gasteiger partial charge in [0, 0.05) is 13.2 Å². The van der Waals surface area contributed by atoms with Crippen LogP contribution in [0.1, 0.15) is 23.0 Å². The molecular formula is C14H14N4O3. The van der Waals surface area contributed by atoms with Crippen molar-refractivity contribution < 1.29 is 9.90 Å². The van der Waals surface area contributed by atoms with E-state index in [4.69, 9.17) is 5.11 Å².